The van der Waals surface area contributed by atoms with Crippen LogP contribution in [0.1, 0.15) is 37.3 Å². The van der Waals surface area contributed by atoms with Crippen molar-refractivity contribution in [3.63, 3.8) is 0 Å². The molecule has 1 rings (SSSR count). The molecular weight excluding hydrogens is 220 g/mol. The molecule has 0 bridgehead atoms. The summed E-state index contributed by atoms with van der Waals surface area (Å²) in [5.41, 5.74) is 2.16. The van der Waals surface area contributed by atoms with Crippen molar-refractivity contribution in [1.82, 2.24) is 0 Å². The van der Waals surface area contributed by atoms with Gasteiger partial charge in [-0.15, -0.1) is 12.3 Å². The molecule has 0 unspecified atom stereocenters. The van der Waals surface area contributed by atoms with Gasteiger partial charge in [0.25, 0.3) is 0 Å². The summed E-state index contributed by atoms with van der Waals surface area (Å²) in [6, 6.07) is 3.96. The van der Waals surface area contributed by atoms with Gasteiger partial charge >= 0.3 is 0 Å². The van der Waals surface area contributed by atoms with Gasteiger partial charge < -0.3 is 4.74 Å². The largest absolute Gasteiger partial charge is 0.492 e. The van der Waals surface area contributed by atoms with Gasteiger partial charge in [-0.25, -0.2) is 0 Å². The number of hydrogen-bond acceptors (Lipinski definition) is 1. The summed E-state index contributed by atoms with van der Waals surface area (Å²) in [6.07, 6.45) is 5.81. The lowest BCUT2D eigenvalue weighted by Crippen LogP contribution is -2.00. The van der Waals surface area contributed by atoms with E-state index in [0.717, 1.165) is 21.9 Å². The van der Waals surface area contributed by atoms with E-state index in [1.165, 1.54) is 0 Å². The van der Waals surface area contributed by atoms with Crippen LogP contribution in [-0.4, -0.2) is 6.61 Å². The van der Waals surface area contributed by atoms with Gasteiger partial charge in [0.15, 0.2) is 0 Å². The molecule has 0 aromatic heterocycles. The molecule has 0 atom stereocenters. The van der Waals surface area contributed by atoms with Gasteiger partial charge in [-0.2, -0.15) is 0 Å². The molecule has 0 aliphatic heterocycles. The Hall–Kier alpha value is -1.13. The summed E-state index contributed by atoms with van der Waals surface area (Å²) in [6.45, 7) is 6.77. The summed E-state index contributed by atoms with van der Waals surface area (Å²) < 4.78 is 5.62. The van der Waals surface area contributed by atoms with Crippen LogP contribution in [0, 0.1) is 19.3 Å². The summed E-state index contributed by atoms with van der Waals surface area (Å²) in [7, 11) is 0. The third-order valence-electron chi connectivity index (χ3n) is 2.42. The van der Waals surface area contributed by atoms with Crippen molar-refractivity contribution in [3.05, 3.63) is 28.3 Å². The van der Waals surface area contributed by atoms with Gasteiger partial charge in [-0.1, -0.05) is 25.4 Å². The van der Waals surface area contributed by atoms with Crippen molar-refractivity contribution < 1.29 is 4.74 Å². The molecule has 1 nitrogen and oxygen atoms in total. The van der Waals surface area contributed by atoms with Crippen molar-refractivity contribution in [2.24, 2.45) is 0 Å². The molecule has 16 heavy (non-hydrogen) atoms. The summed E-state index contributed by atoms with van der Waals surface area (Å²) in [4.78, 5) is 0. The highest BCUT2D eigenvalue weighted by Gasteiger charge is 2.09. The normalized spacial score (nSPS) is 10.2. The molecule has 1 aromatic rings. The number of halogens is 1. The van der Waals surface area contributed by atoms with Crippen LogP contribution in [0.4, 0.5) is 0 Å². The van der Waals surface area contributed by atoms with E-state index in [1.54, 1.807) is 0 Å². The van der Waals surface area contributed by atoms with E-state index in [4.69, 9.17) is 22.8 Å². The van der Waals surface area contributed by atoms with Crippen LogP contribution in [0.15, 0.2) is 12.1 Å². The highest BCUT2D eigenvalue weighted by molar-refractivity contribution is 6.31. The lowest BCUT2D eigenvalue weighted by Gasteiger charge is -2.14. The first kappa shape index (κ1) is 12.9. The third kappa shape index (κ3) is 3.18. The number of rotatable bonds is 4. The molecule has 0 fully saturated rings. The molecule has 0 amide bonds. The molecule has 86 valence electrons. The van der Waals surface area contributed by atoms with E-state index < -0.39 is 0 Å². The smallest absolute Gasteiger partial charge is 0.122 e. The number of terminal acetylenes is 1. The molecule has 0 aliphatic carbocycles. The zero-order valence-corrected chi connectivity index (χ0v) is 10.8. The van der Waals surface area contributed by atoms with E-state index in [9.17, 15) is 0 Å². The van der Waals surface area contributed by atoms with Crippen LogP contribution in [0.5, 0.6) is 5.75 Å². The predicted octanol–water partition coefficient (Wildman–Crippen LogP) is 4.17. The Labute approximate surface area is 103 Å². The maximum Gasteiger partial charge on any atom is 0.122 e. The van der Waals surface area contributed by atoms with E-state index in [0.29, 0.717) is 18.9 Å². The first-order valence-electron chi connectivity index (χ1n) is 5.42. The topological polar surface area (TPSA) is 9.23 Å². The number of benzene rings is 1. The van der Waals surface area contributed by atoms with Crippen LogP contribution in [0.25, 0.3) is 0 Å². The highest BCUT2D eigenvalue weighted by atomic mass is 35.5. The average molecular weight is 237 g/mol. The predicted molar refractivity (Wildman–Crippen MR) is 69.2 cm³/mol. The lowest BCUT2D eigenvalue weighted by molar-refractivity contribution is 0.324. The number of aryl methyl sites for hydroxylation is 1. The van der Waals surface area contributed by atoms with E-state index in [1.807, 2.05) is 19.1 Å². The van der Waals surface area contributed by atoms with Crippen LogP contribution < -0.4 is 4.74 Å². The Morgan fingerprint density at radius 1 is 1.44 bits per heavy atom. The van der Waals surface area contributed by atoms with Crippen LogP contribution in [0.2, 0.25) is 5.02 Å². The average Bonchev–Trinajstić information content (AvgIpc) is 2.21. The molecule has 0 spiro atoms. The standard InChI is InChI=1S/C14H17ClO/c1-5-6-7-16-14-9-12(10(2)3)13(15)8-11(14)4/h1,8-10H,6-7H2,2-4H3. The minimum absolute atomic E-state index is 0.392. The summed E-state index contributed by atoms with van der Waals surface area (Å²) in [5, 5.41) is 0.803. The number of ether oxygens (including phenoxy) is 1. The maximum absolute atomic E-state index is 6.17. The highest BCUT2D eigenvalue weighted by Crippen LogP contribution is 2.31. The zero-order chi connectivity index (χ0) is 12.1. The molecule has 0 aliphatic rings. The molecular formula is C14H17ClO. The molecule has 0 radical (unpaired) electrons. The number of hydrogen-bond donors (Lipinski definition) is 0. The molecule has 0 N–H and O–H groups in total. The first-order valence-corrected chi connectivity index (χ1v) is 5.80. The molecule has 1 aromatic carbocycles. The maximum atomic E-state index is 6.17. The van der Waals surface area contributed by atoms with Crippen LogP contribution >= 0.6 is 11.6 Å². The Kier molecular flexibility index (Phi) is 4.71. The Morgan fingerprint density at radius 3 is 2.69 bits per heavy atom. The van der Waals surface area contributed by atoms with Crippen molar-refractivity contribution in [2.75, 3.05) is 6.61 Å². The van der Waals surface area contributed by atoms with Gasteiger partial charge in [-0.3, -0.25) is 0 Å². The first-order chi connectivity index (χ1) is 7.56. The second-order valence-corrected chi connectivity index (χ2v) is 4.50. The van der Waals surface area contributed by atoms with E-state index in [2.05, 4.69) is 19.8 Å². The summed E-state index contributed by atoms with van der Waals surface area (Å²) >= 11 is 6.17. The fourth-order valence-corrected chi connectivity index (χ4v) is 1.92. The van der Waals surface area contributed by atoms with Gasteiger partial charge in [0, 0.05) is 11.4 Å². The SMILES string of the molecule is C#CCCOc1cc(C(C)C)c(Cl)cc1C. The van der Waals surface area contributed by atoms with Gasteiger partial charge in [-0.05, 0) is 36.1 Å². The van der Waals surface area contributed by atoms with E-state index >= 15 is 0 Å². The van der Waals surface area contributed by atoms with Crippen molar-refractivity contribution >= 4 is 11.6 Å². The lowest BCUT2D eigenvalue weighted by atomic mass is 10.0. The van der Waals surface area contributed by atoms with Crippen LogP contribution in [0.3, 0.4) is 0 Å². The quantitative estimate of drug-likeness (QED) is 0.563. The Morgan fingerprint density at radius 2 is 2.12 bits per heavy atom. The molecule has 0 saturated carbocycles. The fourth-order valence-electron chi connectivity index (χ4n) is 1.49. The van der Waals surface area contributed by atoms with E-state index in [-0.39, 0.29) is 0 Å². The van der Waals surface area contributed by atoms with Crippen molar-refractivity contribution in [1.29, 1.82) is 0 Å². The third-order valence-corrected chi connectivity index (χ3v) is 2.75. The van der Waals surface area contributed by atoms with Crippen molar-refractivity contribution in [2.45, 2.75) is 33.1 Å². The molecule has 0 saturated heterocycles. The second kappa shape index (κ2) is 5.82. The fraction of sp³-hybridized carbons (Fsp3) is 0.429. The zero-order valence-electron chi connectivity index (χ0n) is 10.0. The van der Waals surface area contributed by atoms with Crippen LogP contribution in [-0.2, 0) is 0 Å². The molecule has 2 heteroatoms. The van der Waals surface area contributed by atoms with Crippen molar-refractivity contribution in [3.8, 4) is 18.1 Å². The van der Waals surface area contributed by atoms with Gasteiger partial charge in [0.05, 0.1) is 6.61 Å². The monoisotopic (exact) mass is 236 g/mol. The minimum Gasteiger partial charge on any atom is -0.492 e. The summed E-state index contributed by atoms with van der Waals surface area (Å²) in [5.74, 6) is 3.82. The minimum atomic E-state index is 0.392. The van der Waals surface area contributed by atoms with Gasteiger partial charge in [0.1, 0.15) is 5.75 Å². The Balaban J connectivity index is 2.92. The second-order valence-electron chi connectivity index (χ2n) is 4.10. The Bertz CT molecular complexity index is 402. The van der Waals surface area contributed by atoms with Gasteiger partial charge in [0.2, 0.25) is 0 Å². The molecule has 0 heterocycles.